The highest BCUT2D eigenvalue weighted by Crippen LogP contribution is 2.32. The number of ether oxygens (including phenoxy) is 2. The van der Waals surface area contributed by atoms with Gasteiger partial charge in [-0.3, -0.25) is 4.79 Å². The average Bonchev–Trinajstić information content (AvgIpc) is 3.09. The summed E-state index contributed by atoms with van der Waals surface area (Å²) in [6.07, 6.45) is 0.709. The zero-order chi connectivity index (χ0) is 14.9. The Morgan fingerprint density at radius 3 is 2.40 bits per heavy atom. The van der Waals surface area contributed by atoms with Crippen LogP contribution < -0.4 is 0 Å². The van der Waals surface area contributed by atoms with Crippen LogP contribution >= 0.6 is 0 Å². The molecule has 0 aromatic heterocycles. The van der Waals surface area contributed by atoms with Crippen molar-refractivity contribution < 1.29 is 19.1 Å². The third-order valence-corrected chi connectivity index (χ3v) is 3.26. The van der Waals surface area contributed by atoms with E-state index in [4.69, 9.17) is 14.7 Å². The van der Waals surface area contributed by atoms with Crippen molar-refractivity contribution in [2.24, 2.45) is 11.8 Å². The van der Waals surface area contributed by atoms with Gasteiger partial charge in [-0.15, -0.1) is 0 Å². The number of carbonyl (C=O) groups is 2. The quantitative estimate of drug-likeness (QED) is 0.719. The van der Waals surface area contributed by atoms with E-state index < -0.39 is 23.7 Å². The number of esters is 1. The second-order valence-electron chi connectivity index (χ2n) is 6.37. The fraction of sp³-hybridized carbons (Fsp3) is 0.786. The van der Waals surface area contributed by atoms with Crippen LogP contribution in [0.15, 0.2) is 0 Å². The first-order chi connectivity index (χ1) is 9.30. The number of nitriles is 1. The molecule has 0 aromatic rings. The minimum atomic E-state index is -0.581. The van der Waals surface area contributed by atoms with Crippen LogP contribution in [0.4, 0.5) is 4.79 Å². The van der Waals surface area contributed by atoms with Crippen molar-refractivity contribution in [3.05, 3.63) is 0 Å². The van der Waals surface area contributed by atoms with Crippen molar-refractivity contribution in [2.75, 3.05) is 13.1 Å². The molecule has 1 amide bonds. The van der Waals surface area contributed by atoms with E-state index in [2.05, 4.69) is 6.07 Å². The summed E-state index contributed by atoms with van der Waals surface area (Å²) in [5, 5.41) is 9.12. The Balaban J connectivity index is 1.93. The zero-order valence-corrected chi connectivity index (χ0v) is 12.1. The molecule has 2 atom stereocenters. The molecule has 6 nitrogen and oxygen atoms in total. The third-order valence-electron chi connectivity index (χ3n) is 3.26. The van der Waals surface area contributed by atoms with Crippen molar-refractivity contribution in [2.45, 2.75) is 45.3 Å². The fourth-order valence-corrected chi connectivity index (χ4v) is 2.06. The van der Waals surface area contributed by atoms with Gasteiger partial charge in [-0.25, -0.2) is 4.79 Å². The van der Waals surface area contributed by atoms with Gasteiger partial charge < -0.3 is 14.4 Å². The fourth-order valence-electron chi connectivity index (χ4n) is 2.06. The molecule has 6 heteroatoms. The first-order valence-corrected chi connectivity index (χ1v) is 6.88. The van der Waals surface area contributed by atoms with Gasteiger partial charge in [0.05, 0.1) is 18.5 Å². The molecule has 2 aliphatic rings. The molecule has 1 saturated carbocycles. The lowest BCUT2D eigenvalue weighted by atomic mass is 10.1. The molecule has 2 rings (SSSR count). The van der Waals surface area contributed by atoms with Gasteiger partial charge in [0, 0.05) is 6.54 Å². The SMILES string of the molecule is CC(C)(C)OC(=O)N1C[C@H](C#N)[C@H](OC(=O)C2CC2)C1. The monoisotopic (exact) mass is 280 g/mol. The van der Waals surface area contributed by atoms with E-state index in [-0.39, 0.29) is 25.0 Å². The van der Waals surface area contributed by atoms with E-state index >= 15 is 0 Å². The van der Waals surface area contributed by atoms with Gasteiger partial charge in [-0.05, 0) is 33.6 Å². The van der Waals surface area contributed by atoms with Gasteiger partial charge in [0.1, 0.15) is 17.6 Å². The second-order valence-corrected chi connectivity index (χ2v) is 6.37. The molecule has 110 valence electrons. The number of hydrogen-bond donors (Lipinski definition) is 0. The molecule has 2 fully saturated rings. The largest absolute Gasteiger partial charge is 0.459 e. The third kappa shape index (κ3) is 3.62. The molecule has 1 aliphatic heterocycles. The van der Waals surface area contributed by atoms with Crippen LogP contribution in [0.25, 0.3) is 0 Å². The number of likely N-dealkylation sites (tertiary alicyclic amines) is 1. The number of amides is 1. The Bertz CT molecular complexity index is 445. The Morgan fingerprint density at radius 2 is 1.90 bits per heavy atom. The number of hydrogen-bond acceptors (Lipinski definition) is 5. The Hall–Kier alpha value is -1.77. The van der Waals surface area contributed by atoms with Gasteiger partial charge in [-0.1, -0.05) is 0 Å². The van der Waals surface area contributed by atoms with Crippen molar-refractivity contribution in [3.63, 3.8) is 0 Å². The maximum atomic E-state index is 12.0. The van der Waals surface area contributed by atoms with E-state index in [9.17, 15) is 9.59 Å². The predicted octanol–water partition coefficient (Wildman–Crippen LogP) is 1.70. The first kappa shape index (κ1) is 14.6. The molecular weight excluding hydrogens is 260 g/mol. The summed E-state index contributed by atoms with van der Waals surface area (Å²) >= 11 is 0. The van der Waals surface area contributed by atoms with E-state index in [1.165, 1.54) is 4.90 Å². The average molecular weight is 280 g/mol. The van der Waals surface area contributed by atoms with E-state index in [1.54, 1.807) is 20.8 Å². The smallest absolute Gasteiger partial charge is 0.410 e. The summed E-state index contributed by atoms with van der Waals surface area (Å²) < 4.78 is 10.6. The number of carbonyl (C=O) groups excluding carboxylic acids is 2. The lowest BCUT2D eigenvalue weighted by Gasteiger charge is -2.24. The number of rotatable bonds is 2. The summed E-state index contributed by atoms with van der Waals surface area (Å²) in [6.45, 7) is 5.83. The van der Waals surface area contributed by atoms with Crippen LogP contribution in [-0.2, 0) is 14.3 Å². The summed E-state index contributed by atoms with van der Waals surface area (Å²) in [7, 11) is 0. The summed E-state index contributed by atoms with van der Waals surface area (Å²) in [6, 6.07) is 2.10. The maximum absolute atomic E-state index is 12.0. The Morgan fingerprint density at radius 1 is 1.25 bits per heavy atom. The lowest BCUT2D eigenvalue weighted by Crippen LogP contribution is -2.36. The normalized spacial score (nSPS) is 26.0. The highest BCUT2D eigenvalue weighted by Gasteiger charge is 2.42. The summed E-state index contributed by atoms with van der Waals surface area (Å²) in [4.78, 5) is 25.1. The lowest BCUT2D eigenvalue weighted by molar-refractivity contribution is -0.151. The molecule has 0 aromatic carbocycles. The molecule has 0 N–H and O–H groups in total. The molecule has 0 spiro atoms. The van der Waals surface area contributed by atoms with Crippen molar-refractivity contribution in [3.8, 4) is 6.07 Å². The topological polar surface area (TPSA) is 79.6 Å². The van der Waals surface area contributed by atoms with Gasteiger partial charge in [0.15, 0.2) is 0 Å². The standard InChI is InChI=1S/C14H20N2O4/c1-14(2,3)20-13(18)16-7-10(6-15)11(8-16)19-12(17)9-4-5-9/h9-11H,4-5,7-8H2,1-3H3/t10-,11+/m0/s1. The first-order valence-electron chi connectivity index (χ1n) is 6.88. The Labute approximate surface area is 118 Å². The van der Waals surface area contributed by atoms with Crippen molar-refractivity contribution in [1.82, 2.24) is 4.90 Å². The van der Waals surface area contributed by atoms with E-state index in [0.717, 1.165) is 12.8 Å². The molecule has 0 radical (unpaired) electrons. The molecule has 0 unspecified atom stereocenters. The van der Waals surface area contributed by atoms with Crippen LogP contribution in [0.3, 0.4) is 0 Å². The van der Waals surface area contributed by atoms with Gasteiger partial charge in [0.25, 0.3) is 0 Å². The van der Waals surface area contributed by atoms with Crippen LogP contribution in [0.1, 0.15) is 33.6 Å². The van der Waals surface area contributed by atoms with Gasteiger partial charge in [-0.2, -0.15) is 5.26 Å². The highest BCUT2D eigenvalue weighted by molar-refractivity contribution is 5.75. The molecule has 1 saturated heterocycles. The van der Waals surface area contributed by atoms with Crippen LogP contribution in [-0.4, -0.2) is 41.8 Å². The minimum Gasteiger partial charge on any atom is -0.459 e. The van der Waals surface area contributed by atoms with Crippen LogP contribution in [0.2, 0.25) is 0 Å². The Kier molecular flexibility index (Phi) is 3.89. The molecule has 1 heterocycles. The van der Waals surface area contributed by atoms with Crippen molar-refractivity contribution in [1.29, 1.82) is 5.26 Å². The number of nitrogens with zero attached hydrogens (tertiary/aromatic N) is 2. The van der Waals surface area contributed by atoms with E-state index in [0.29, 0.717) is 0 Å². The molecular formula is C14H20N2O4. The summed E-state index contributed by atoms with van der Waals surface area (Å²) in [5.41, 5.74) is -0.581. The van der Waals surface area contributed by atoms with E-state index in [1.807, 2.05) is 0 Å². The summed E-state index contributed by atoms with van der Waals surface area (Å²) in [5.74, 6) is -0.739. The predicted molar refractivity (Wildman–Crippen MR) is 69.5 cm³/mol. The molecule has 0 bridgehead atoms. The van der Waals surface area contributed by atoms with Gasteiger partial charge >= 0.3 is 12.1 Å². The molecule has 1 aliphatic carbocycles. The second kappa shape index (κ2) is 5.31. The van der Waals surface area contributed by atoms with Crippen LogP contribution in [0, 0.1) is 23.2 Å². The molecule has 20 heavy (non-hydrogen) atoms. The van der Waals surface area contributed by atoms with Crippen LogP contribution in [0.5, 0.6) is 0 Å². The highest BCUT2D eigenvalue weighted by atomic mass is 16.6. The maximum Gasteiger partial charge on any atom is 0.410 e. The van der Waals surface area contributed by atoms with Gasteiger partial charge in [0.2, 0.25) is 0 Å². The van der Waals surface area contributed by atoms with Crippen molar-refractivity contribution >= 4 is 12.1 Å². The zero-order valence-electron chi connectivity index (χ0n) is 12.1. The minimum absolute atomic E-state index is 0.00933.